The van der Waals surface area contributed by atoms with Gasteiger partial charge in [0.1, 0.15) is 0 Å². The molecule has 19 heavy (non-hydrogen) atoms. The number of hydrogen-bond donors (Lipinski definition) is 1. The molecule has 1 amide bonds. The molecule has 0 saturated carbocycles. The molecule has 0 aliphatic heterocycles. The number of rotatable bonds is 4. The summed E-state index contributed by atoms with van der Waals surface area (Å²) in [6.07, 6.45) is 0. The van der Waals surface area contributed by atoms with Crippen molar-refractivity contribution in [3.05, 3.63) is 51.5 Å². The molecule has 2 rings (SSSR count). The van der Waals surface area contributed by atoms with Gasteiger partial charge in [0.05, 0.1) is 17.2 Å². The van der Waals surface area contributed by atoms with Gasteiger partial charge in [-0.3, -0.25) is 4.79 Å². The van der Waals surface area contributed by atoms with Crippen LogP contribution in [0.2, 0.25) is 0 Å². The zero-order chi connectivity index (χ0) is 13.8. The summed E-state index contributed by atoms with van der Waals surface area (Å²) in [5, 5.41) is 6.03. The maximum Gasteiger partial charge on any atom is 0.251 e. The Labute approximate surface area is 117 Å². The van der Waals surface area contributed by atoms with Crippen LogP contribution in [0.15, 0.2) is 29.6 Å². The number of aromatic nitrogens is 1. The SMILES string of the molecule is Cc1ccccc1C(=O)NCc1csc(C(C)C)n1. The van der Waals surface area contributed by atoms with E-state index in [-0.39, 0.29) is 5.91 Å². The van der Waals surface area contributed by atoms with E-state index < -0.39 is 0 Å². The molecule has 1 aromatic carbocycles. The molecule has 1 N–H and O–H groups in total. The molecule has 0 unspecified atom stereocenters. The van der Waals surface area contributed by atoms with E-state index in [4.69, 9.17) is 0 Å². The third-order valence-corrected chi connectivity index (χ3v) is 4.08. The van der Waals surface area contributed by atoms with Crippen molar-refractivity contribution < 1.29 is 4.79 Å². The van der Waals surface area contributed by atoms with Gasteiger partial charge >= 0.3 is 0 Å². The van der Waals surface area contributed by atoms with Crippen molar-refractivity contribution in [1.82, 2.24) is 10.3 Å². The van der Waals surface area contributed by atoms with Crippen molar-refractivity contribution in [3.8, 4) is 0 Å². The lowest BCUT2D eigenvalue weighted by Crippen LogP contribution is -2.23. The molecule has 0 atom stereocenters. The highest BCUT2D eigenvalue weighted by atomic mass is 32.1. The Balaban J connectivity index is 1.98. The smallest absolute Gasteiger partial charge is 0.251 e. The van der Waals surface area contributed by atoms with E-state index >= 15 is 0 Å². The molecule has 1 aromatic heterocycles. The lowest BCUT2D eigenvalue weighted by molar-refractivity contribution is 0.0950. The third-order valence-electron chi connectivity index (χ3n) is 2.88. The number of carbonyl (C=O) groups is 1. The average molecular weight is 274 g/mol. The molecular weight excluding hydrogens is 256 g/mol. The fourth-order valence-corrected chi connectivity index (χ4v) is 2.60. The predicted octanol–water partition coefficient (Wildman–Crippen LogP) is 3.50. The van der Waals surface area contributed by atoms with E-state index in [1.54, 1.807) is 11.3 Å². The minimum absolute atomic E-state index is 0.0443. The van der Waals surface area contributed by atoms with Crippen LogP contribution in [0, 0.1) is 6.92 Å². The van der Waals surface area contributed by atoms with E-state index in [9.17, 15) is 4.79 Å². The monoisotopic (exact) mass is 274 g/mol. The molecule has 2 aromatic rings. The van der Waals surface area contributed by atoms with Gasteiger partial charge in [0.25, 0.3) is 5.91 Å². The Kier molecular flexibility index (Phi) is 4.32. The number of amides is 1. The highest BCUT2D eigenvalue weighted by molar-refractivity contribution is 7.09. The molecule has 0 bridgehead atoms. The highest BCUT2D eigenvalue weighted by Crippen LogP contribution is 2.19. The van der Waals surface area contributed by atoms with Crippen LogP contribution in [0.25, 0.3) is 0 Å². The molecule has 0 aliphatic rings. The molecule has 0 spiro atoms. The lowest BCUT2D eigenvalue weighted by atomic mass is 10.1. The van der Waals surface area contributed by atoms with Crippen LogP contribution in [-0.4, -0.2) is 10.9 Å². The summed E-state index contributed by atoms with van der Waals surface area (Å²) < 4.78 is 0. The second-order valence-electron chi connectivity index (χ2n) is 4.83. The summed E-state index contributed by atoms with van der Waals surface area (Å²) in [5.41, 5.74) is 2.64. The third kappa shape index (κ3) is 3.41. The van der Waals surface area contributed by atoms with Gasteiger partial charge in [0, 0.05) is 16.9 Å². The van der Waals surface area contributed by atoms with Gasteiger partial charge in [-0.05, 0) is 18.6 Å². The van der Waals surface area contributed by atoms with Crippen LogP contribution < -0.4 is 5.32 Å². The van der Waals surface area contributed by atoms with Gasteiger partial charge in [-0.25, -0.2) is 4.98 Å². The zero-order valence-electron chi connectivity index (χ0n) is 11.4. The quantitative estimate of drug-likeness (QED) is 0.927. The number of carbonyl (C=O) groups excluding carboxylic acids is 1. The molecule has 0 aliphatic carbocycles. The van der Waals surface area contributed by atoms with Crippen molar-refractivity contribution in [2.45, 2.75) is 33.2 Å². The average Bonchev–Trinajstić information content (AvgIpc) is 2.85. The van der Waals surface area contributed by atoms with Crippen LogP contribution in [0.1, 0.15) is 46.4 Å². The number of benzene rings is 1. The fourth-order valence-electron chi connectivity index (χ4n) is 1.76. The van der Waals surface area contributed by atoms with Crippen LogP contribution in [0.5, 0.6) is 0 Å². The van der Waals surface area contributed by atoms with E-state index in [0.29, 0.717) is 12.5 Å². The second-order valence-corrected chi connectivity index (χ2v) is 5.72. The molecule has 0 radical (unpaired) electrons. The number of aryl methyl sites for hydroxylation is 1. The van der Waals surface area contributed by atoms with Crippen LogP contribution >= 0.6 is 11.3 Å². The number of thiazole rings is 1. The summed E-state index contributed by atoms with van der Waals surface area (Å²) >= 11 is 1.65. The first-order chi connectivity index (χ1) is 9.08. The Morgan fingerprint density at radius 3 is 2.74 bits per heavy atom. The first kappa shape index (κ1) is 13.7. The molecule has 0 fully saturated rings. The maximum absolute atomic E-state index is 12.0. The van der Waals surface area contributed by atoms with Crippen molar-refractivity contribution in [2.75, 3.05) is 0 Å². The second kappa shape index (κ2) is 5.97. The van der Waals surface area contributed by atoms with Gasteiger partial charge < -0.3 is 5.32 Å². The molecular formula is C15H18N2OS. The van der Waals surface area contributed by atoms with Gasteiger partial charge in [0.2, 0.25) is 0 Å². The molecule has 4 heteroatoms. The van der Waals surface area contributed by atoms with Gasteiger partial charge in [-0.15, -0.1) is 11.3 Å². The zero-order valence-corrected chi connectivity index (χ0v) is 12.3. The van der Waals surface area contributed by atoms with E-state index in [0.717, 1.165) is 21.8 Å². The van der Waals surface area contributed by atoms with Crippen molar-refractivity contribution in [1.29, 1.82) is 0 Å². The van der Waals surface area contributed by atoms with Crippen LogP contribution in [0.3, 0.4) is 0 Å². The number of hydrogen-bond acceptors (Lipinski definition) is 3. The normalized spacial score (nSPS) is 10.7. The van der Waals surface area contributed by atoms with Crippen LogP contribution in [-0.2, 0) is 6.54 Å². The van der Waals surface area contributed by atoms with E-state index in [1.165, 1.54) is 0 Å². The first-order valence-corrected chi connectivity index (χ1v) is 7.24. The molecule has 1 heterocycles. The van der Waals surface area contributed by atoms with Crippen molar-refractivity contribution in [2.24, 2.45) is 0 Å². The van der Waals surface area contributed by atoms with E-state index in [2.05, 4.69) is 24.1 Å². The fraction of sp³-hybridized carbons (Fsp3) is 0.333. The Morgan fingerprint density at radius 2 is 2.11 bits per heavy atom. The topological polar surface area (TPSA) is 42.0 Å². The van der Waals surface area contributed by atoms with Crippen molar-refractivity contribution >= 4 is 17.2 Å². The van der Waals surface area contributed by atoms with E-state index in [1.807, 2.05) is 36.6 Å². The molecule has 3 nitrogen and oxygen atoms in total. The van der Waals surface area contributed by atoms with Gasteiger partial charge in [0.15, 0.2) is 0 Å². The molecule has 0 saturated heterocycles. The standard InChI is InChI=1S/C15H18N2OS/c1-10(2)15-17-12(9-19-15)8-16-14(18)13-7-5-4-6-11(13)3/h4-7,9-10H,8H2,1-3H3,(H,16,18). The summed E-state index contributed by atoms with van der Waals surface area (Å²) in [4.78, 5) is 16.5. The minimum Gasteiger partial charge on any atom is -0.346 e. The largest absolute Gasteiger partial charge is 0.346 e. The number of nitrogens with zero attached hydrogens (tertiary/aromatic N) is 1. The maximum atomic E-state index is 12.0. The number of nitrogens with one attached hydrogen (secondary N) is 1. The van der Waals surface area contributed by atoms with Crippen molar-refractivity contribution in [3.63, 3.8) is 0 Å². The summed E-state index contributed by atoms with van der Waals surface area (Å²) in [6, 6.07) is 7.59. The van der Waals surface area contributed by atoms with Crippen LogP contribution in [0.4, 0.5) is 0 Å². The molecule has 100 valence electrons. The Hall–Kier alpha value is -1.68. The first-order valence-electron chi connectivity index (χ1n) is 6.36. The minimum atomic E-state index is -0.0443. The summed E-state index contributed by atoms with van der Waals surface area (Å²) in [7, 11) is 0. The van der Waals surface area contributed by atoms with Gasteiger partial charge in [-0.1, -0.05) is 32.0 Å². The Morgan fingerprint density at radius 1 is 1.37 bits per heavy atom. The predicted molar refractivity (Wildman–Crippen MR) is 78.6 cm³/mol. The van der Waals surface area contributed by atoms with Gasteiger partial charge in [-0.2, -0.15) is 0 Å². The highest BCUT2D eigenvalue weighted by Gasteiger charge is 2.10. The Bertz CT molecular complexity index is 575. The lowest BCUT2D eigenvalue weighted by Gasteiger charge is -2.06. The summed E-state index contributed by atoms with van der Waals surface area (Å²) in [6.45, 7) is 6.66. The summed E-state index contributed by atoms with van der Waals surface area (Å²) in [5.74, 6) is 0.392.